The number of rotatable bonds is 6. The van der Waals surface area contributed by atoms with Gasteiger partial charge in [-0.15, -0.1) is 0 Å². The van der Waals surface area contributed by atoms with Gasteiger partial charge < -0.3 is 10.2 Å². The summed E-state index contributed by atoms with van der Waals surface area (Å²) in [7, 11) is 4.12. The molecular weight excluding hydrogens is 250 g/mol. The molecule has 20 heavy (non-hydrogen) atoms. The summed E-state index contributed by atoms with van der Waals surface area (Å²) in [4.78, 5) is 18.3. The van der Waals surface area contributed by atoms with Crippen LogP contribution in [-0.2, 0) is 0 Å². The minimum atomic E-state index is -0.00596. The largest absolute Gasteiger partial charge is 0.352 e. The number of fused-ring (bicyclic) bond motifs is 1. The Kier molecular flexibility index (Phi) is 5.07. The smallest absolute Gasteiger partial charge is 0.251 e. The van der Waals surface area contributed by atoms with Crippen LogP contribution in [-0.4, -0.2) is 43.0 Å². The Morgan fingerprint density at radius 3 is 2.85 bits per heavy atom. The van der Waals surface area contributed by atoms with Crippen LogP contribution < -0.4 is 5.32 Å². The molecule has 0 spiro atoms. The van der Waals surface area contributed by atoms with Gasteiger partial charge in [0, 0.05) is 29.9 Å². The van der Waals surface area contributed by atoms with Gasteiger partial charge >= 0.3 is 0 Å². The van der Waals surface area contributed by atoms with E-state index in [0.29, 0.717) is 5.56 Å². The molecule has 1 N–H and O–H groups in total. The topological polar surface area (TPSA) is 45.2 Å². The van der Waals surface area contributed by atoms with E-state index in [1.165, 1.54) is 0 Å². The van der Waals surface area contributed by atoms with E-state index in [9.17, 15) is 4.79 Å². The molecule has 1 aromatic heterocycles. The molecule has 0 saturated carbocycles. The monoisotopic (exact) mass is 271 g/mol. The normalized spacial score (nSPS) is 10.9. The Bertz CT molecular complexity index is 581. The molecule has 0 bridgehead atoms. The van der Waals surface area contributed by atoms with Gasteiger partial charge in [0.1, 0.15) is 0 Å². The van der Waals surface area contributed by atoms with Crippen LogP contribution in [0.4, 0.5) is 0 Å². The van der Waals surface area contributed by atoms with Crippen molar-refractivity contribution < 1.29 is 4.79 Å². The first-order valence-electron chi connectivity index (χ1n) is 6.93. The number of nitrogens with zero attached hydrogens (tertiary/aromatic N) is 2. The molecule has 4 heteroatoms. The zero-order chi connectivity index (χ0) is 14.4. The maximum absolute atomic E-state index is 12.0. The molecule has 1 aromatic carbocycles. The van der Waals surface area contributed by atoms with E-state index >= 15 is 0 Å². The summed E-state index contributed by atoms with van der Waals surface area (Å²) in [6.45, 7) is 1.78. The van der Waals surface area contributed by atoms with E-state index in [2.05, 4.69) is 29.3 Å². The number of unbranched alkanes of at least 4 members (excludes halogenated alkanes) is 1. The van der Waals surface area contributed by atoms with Gasteiger partial charge in [-0.25, -0.2) is 0 Å². The lowest BCUT2D eigenvalue weighted by Crippen LogP contribution is -2.25. The molecule has 106 valence electrons. The summed E-state index contributed by atoms with van der Waals surface area (Å²) in [6, 6.07) is 7.61. The summed E-state index contributed by atoms with van der Waals surface area (Å²) in [5, 5.41) is 5.06. The second-order valence-corrected chi connectivity index (χ2v) is 5.20. The Balaban J connectivity index is 1.87. The first-order valence-corrected chi connectivity index (χ1v) is 6.93. The van der Waals surface area contributed by atoms with Gasteiger partial charge in [0.05, 0.1) is 0 Å². The minimum Gasteiger partial charge on any atom is -0.352 e. The maximum atomic E-state index is 12.0. The van der Waals surface area contributed by atoms with Crippen molar-refractivity contribution in [3.05, 3.63) is 42.2 Å². The molecule has 0 unspecified atom stereocenters. The number of hydrogen-bond donors (Lipinski definition) is 1. The molecule has 1 heterocycles. The fourth-order valence-corrected chi connectivity index (χ4v) is 2.08. The molecule has 2 rings (SSSR count). The molecule has 2 aromatic rings. The fourth-order valence-electron chi connectivity index (χ4n) is 2.08. The van der Waals surface area contributed by atoms with Crippen LogP contribution in [0.1, 0.15) is 23.2 Å². The number of amides is 1. The van der Waals surface area contributed by atoms with E-state index in [4.69, 9.17) is 0 Å². The van der Waals surface area contributed by atoms with Crippen molar-refractivity contribution in [3.8, 4) is 0 Å². The van der Waals surface area contributed by atoms with Crippen molar-refractivity contribution >= 4 is 16.7 Å². The predicted octanol–water partition coefficient (Wildman–Crippen LogP) is 2.31. The molecule has 0 radical (unpaired) electrons. The summed E-state index contributed by atoms with van der Waals surface area (Å²) >= 11 is 0. The summed E-state index contributed by atoms with van der Waals surface area (Å²) in [5.41, 5.74) is 0.705. The fraction of sp³-hybridized carbons (Fsp3) is 0.375. The molecule has 4 nitrogen and oxygen atoms in total. The molecule has 0 atom stereocenters. The third-order valence-corrected chi connectivity index (χ3v) is 3.22. The number of nitrogens with one attached hydrogen (secondary N) is 1. The van der Waals surface area contributed by atoms with Gasteiger partial charge in [0.2, 0.25) is 0 Å². The van der Waals surface area contributed by atoms with Crippen LogP contribution in [0.5, 0.6) is 0 Å². The second kappa shape index (κ2) is 7.01. The van der Waals surface area contributed by atoms with Crippen molar-refractivity contribution in [3.63, 3.8) is 0 Å². The molecule has 1 amide bonds. The SMILES string of the molecule is CN(C)CCCCNC(=O)c1ccc2cnccc2c1. The maximum Gasteiger partial charge on any atom is 0.251 e. The molecule has 0 fully saturated rings. The third kappa shape index (κ3) is 4.03. The van der Waals surface area contributed by atoms with Crippen LogP contribution >= 0.6 is 0 Å². The molecule has 0 aliphatic heterocycles. The lowest BCUT2D eigenvalue weighted by Gasteiger charge is -2.09. The van der Waals surface area contributed by atoms with Gasteiger partial charge in [0.15, 0.2) is 0 Å². The number of carbonyl (C=O) groups excluding carboxylic acids is 1. The van der Waals surface area contributed by atoms with Gasteiger partial charge in [-0.1, -0.05) is 6.07 Å². The highest BCUT2D eigenvalue weighted by atomic mass is 16.1. The number of hydrogen-bond acceptors (Lipinski definition) is 3. The van der Waals surface area contributed by atoms with Gasteiger partial charge in [-0.3, -0.25) is 9.78 Å². The average Bonchev–Trinajstić information content (AvgIpc) is 2.46. The Morgan fingerprint density at radius 1 is 1.20 bits per heavy atom. The third-order valence-electron chi connectivity index (χ3n) is 3.22. The van der Waals surface area contributed by atoms with E-state index in [0.717, 1.165) is 36.7 Å². The van der Waals surface area contributed by atoms with Crippen molar-refractivity contribution in [2.24, 2.45) is 0 Å². The van der Waals surface area contributed by atoms with Crippen LogP contribution in [0.3, 0.4) is 0 Å². The van der Waals surface area contributed by atoms with Gasteiger partial charge in [-0.2, -0.15) is 0 Å². The van der Waals surface area contributed by atoms with Crippen LogP contribution in [0.2, 0.25) is 0 Å². The Hall–Kier alpha value is -1.94. The van der Waals surface area contributed by atoms with Crippen LogP contribution in [0, 0.1) is 0 Å². The highest BCUT2D eigenvalue weighted by Crippen LogP contribution is 2.14. The number of carbonyl (C=O) groups is 1. The minimum absolute atomic E-state index is 0.00596. The number of aromatic nitrogens is 1. The van der Waals surface area contributed by atoms with Crippen molar-refractivity contribution in [1.29, 1.82) is 0 Å². The number of pyridine rings is 1. The molecule has 0 aliphatic carbocycles. The summed E-state index contributed by atoms with van der Waals surface area (Å²) in [6.07, 6.45) is 5.64. The second-order valence-electron chi connectivity index (χ2n) is 5.20. The zero-order valence-corrected chi connectivity index (χ0v) is 12.1. The predicted molar refractivity (Wildman–Crippen MR) is 81.9 cm³/mol. The van der Waals surface area contributed by atoms with E-state index in [1.807, 2.05) is 24.3 Å². The first-order chi connectivity index (χ1) is 9.66. The van der Waals surface area contributed by atoms with E-state index < -0.39 is 0 Å². The quantitative estimate of drug-likeness (QED) is 0.820. The highest BCUT2D eigenvalue weighted by molar-refractivity contribution is 5.98. The first kappa shape index (κ1) is 14.5. The Labute approximate surface area is 119 Å². The lowest BCUT2D eigenvalue weighted by atomic mass is 10.1. The van der Waals surface area contributed by atoms with Crippen LogP contribution in [0.15, 0.2) is 36.7 Å². The molecule has 0 saturated heterocycles. The Morgan fingerprint density at radius 2 is 2.05 bits per heavy atom. The summed E-state index contributed by atoms with van der Waals surface area (Å²) in [5.74, 6) is -0.00596. The van der Waals surface area contributed by atoms with Crippen molar-refractivity contribution in [2.45, 2.75) is 12.8 Å². The average molecular weight is 271 g/mol. The molecule has 0 aliphatic rings. The zero-order valence-electron chi connectivity index (χ0n) is 12.1. The standard InChI is InChI=1S/C16H21N3O/c1-19(2)10-4-3-8-18-16(20)14-5-6-15-12-17-9-7-13(15)11-14/h5-7,9,11-12H,3-4,8,10H2,1-2H3,(H,18,20). The lowest BCUT2D eigenvalue weighted by molar-refractivity contribution is 0.0953. The van der Waals surface area contributed by atoms with E-state index in [1.54, 1.807) is 12.4 Å². The molecular formula is C16H21N3O. The van der Waals surface area contributed by atoms with E-state index in [-0.39, 0.29) is 5.91 Å². The van der Waals surface area contributed by atoms with Gasteiger partial charge in [0.25, 0.3) is 5.91 Å². The van der Waals surface area contributed by atoms with Gasteiger partial charge in [-0.05, 0) is 57.1 Å². The van der Waals surface area contributed by atoms with Crippen LogP contribution in [0.25, 0.3) is 10.8 Å². The number of benzene rings is 1. The highest BCUT2D eigenvalue weighted by Gasteiger charge is 2.05. The summed E-state index contributed by atoms with van der Waals surface area (Å²) < 4.78 is 0. The van der Waals surface area contributed by atoms with Crippen molar-refractivity contribution in [2.75, 3.05) is 27.2 Å². The van der Waals surface area contributed by atoms with Crippen molar-refractivity contribution in [1.82, 2.24) is 15.2 Å².